The van der Waals surface area contributed by atoms with Crippen molar-refractivity contribution in [2.75, 3.05) is 16.4 Å². The van der Waals surface area contributed by atoms with Gasteiger partial charge in [0.2, 0.25) is 0 Å². The standard InChI is InChI=1S/C18H20ClN3O2/c1-3-11-6-5-7-12(4-2)16(11)22-18(24)17(23)21-13-8-9-15(20)14(19)10-13/h5-10H,3-4,20H2,1-2H3,(H,21,23)(H,22,24). The number of para-hydroxylation sites is 1. The summed E-state index contributed by atoms with van der Waals surface area (Å²) >= 11 is 5.91. The number of amides is 2. The number of anilines is 3. The van der Waals surface area contributed by atoms with Crippen molar-refractivity contribution < 1.29 is 9.59 Å². The monoisotopic (exact) mass is 345 g/mol. The summed E-state index contributed by atoms with van der Waals surface area (Å²) in [7, 11) is 0. The first-order valence-electron chi connectivity index (χ1n) is 7.74. The number of rotatable bonds is 4. The zero-order chi connectivity index (χ0) is 17.7. The van der Waals surface area contributed by atoms with Crippen LogP contribution in [0.5, 0.6) is 0 Å². The Labute approximate surface area is 146 Å². The molecule has 0 spiro atoms. The van der Waals surface area contributed by atoms with Gasteiger partial charge in [0.15, 0.2) is 0 Å². The van der Waals surface area contributed by atoms with Crippen LogP contribution in [0.1, 0.15) is 25.0 Å². The molecule has 0 aliphatic carbocycles. The molecule has 0 bridgehead atoms. The van der Waals surface area contributed by atoms with Gasteiger partial charge in [0.1, 0.15) is 0 Å². The Morgan fingerprint density at radius 3 is 2.12 bits per heavy atom. The third kappa shape index (κ3) is 4.06. The maximum absolute atomic E-state index is 12.2. The van der Waals surface area contributed by atoms with E-state index in [0.717, 1.165) is 24.0 Å². The number of nitrogen functional groups attached to an aromatic ring is 1. The van der Waals surface area contributed by atoms with Gasteiger partial charge < -0.3 is 16.4 Å². The molecule has 24 heavy (non-hydrogen) atoms. The summed E-state index contributed by atoms with van der Waals surface area (Å²) in [6.45, 7) is 4.00. The lowest BCUT2D eigenvalue weighted by molar-refractivity contribution is -0.133. The molecule has 0 atom stereocenters. The van der Waals surface area contributed by atoms with E-state index in [4.69, 9.17) is 17.3 Å². The van der Waals surface area contributed by atoms with Crippen molar-refractivity contribution in [3.63, 3.8) is 0 Å². The van der Waals surface area contributed by atoms with Gasteiger partial charge in [0.05, 0.1) is 10.7 Å². The first-order chi connectivity index (χ1) is 11.5. The highest BCUT2D eigenvalue weighted by Gasteiger charge is 2.17. The summed E-state index contributed by atoms with van der Waals surface area (Å²) in [4.78, 5) is 24.3. The van der Waals surface area contributed by atoms with Crippen LogP contribution in [-0.4, -0.2) is 11.8 Å². The molecule has 5 nitrogen and oxygen atoms in total. The van der Waals surface area contributed by atoms with Crippen molar-refractivity contribution in [3.8, 4) is 0 Å². The molecule has 0 radical (unpaired) electrons. The molecule has 4 N–H and O–H groups in total. The second kappa shape index (κ2) is 7.84. The summed E-state index contributed by atoms with van der Waals surface area (Å²) in [6, 6.07) is 10.5. The van der Waals surface area contributed by atoms with E-state index in [9.17, 15) is 9.59 Å². The Morgan fingerprint density at radius 1 is 1.00 bits per heavy atom. The zero-order valence-electron chi connectivity index (χ0n) is 13.7. The summed E-state index contributed by atoms with van der Waals surface area (Å²) in [5.41, 5.74) is 9.13. The molecule has 0 aliphatic rings. The van der Waals surface area contributed by atoms with Gasteiger partial charge in [-0.3, -0.25) is 9.59 Å². The van der Waals surface area contributed by atoms with E-state index in [1.54, 1.807) is 12.1 Å². The highest BCUT2D eigenvalue weighted by molar-refractivity contribution is 6.44. The number of carbonyl (C=O) groups excluding carboxylic acids is 2. The number of nitrogens with two attached hydrogens (primary N) is 1. The summed E-state index contributed by atoms with van der Waals surface area (Å²) in [5, 5.41) is 5.55. The smallest absolute Gasteiger partial charge is 0.314 e. The molecule has 6 heteroatoms. The van der Waals surface area contributed by atoms with Crippen molar-refractivity contribution in [2.45, 2.75) is 26.7 Å². The zero-order valence-corrected chi connectivity index (χ0v) is 14.4. The van der Waals surface area contributed by atoms with E-state index in [1.165, 1.54) is 6.07 Å². The van der Waals surface area contributed by atoms with Crippen molar-refractivity contribution in [1.82, 2.24) is 0 Å². The van der Waals surface area contributed by atoms with Crippen molar-refractivity contribution in [3.05, 3.63) is 52.5 Å². The van der Waals surface area contributed by atoms with E-state index >= 15 is 0 Å². The second-order valence-corrected chi connectivity index (χ2v) is 5.71. The molecule has 2 rings (SSSR count). The Kier molecular flexibility index (Phi) is 5.82. The Balaban J connectivity index is 2.15. The Hall–Kier alpha value is -2.53. The third-order valence-electron chi connectivity index (χ3n) is 3.70. The van der Waals surface area contributed by atoms with E-state index in [-0.39, 0.29) is 0 Å². The molecule has 0 heterocycles. The Bertz CT molecular complexity index is 753. The van der Waals surface area contributed by atoms with Crippen molar-refractivity contribution in [2.24, 2.45) is 0 Å². The van der Waals surface area contributed by atoms with Gasteiger partial charge in [-0.15, -0.1) is 0 Å². The molecule has 2 aromatic rings. The maximum Gasteiger partial charge on any atom is 0.314 e. The molecule has 0 aliphatic heterocycles. The first-order valence-corrected chi connectivity index (χ1v) is 8.12. The summed E-state index contributed by atoms with van der Waals surface area (Å²) in [6.07, 6.45) is 1.53. The molecular weight excluding hydrogens is 326 g/mol. The topological polar surface area (TPSA) is 84.2 Å². The van der Waals surface area contributed by atoms with E-state index in [1.807, 2.05) is 32.0 Å². The number of carbonyl (C=O) groups is 2. The van der Waals surface area contributed by atoms with Crippen LogP contribution in [0.25, 0.3) is 0 Å². The largest absolute Gasteiger partial charge is 0.398 e. The molecule has 2 amide bonds. The summed E-state index contributed by atoms with van der Waals surface area (Å²) < 4.78 is 0. The average Bonchev–Trinajstić information content (AvgIpc) is 2.58. The molecule has 0 saturated carbocycles. The molecule has 0 unspecified atom stereocenters. The molecule has 0 fully saturated rings. The highest BCUT2D eigenvalue weighted by Crippen LogP contribution is 2.24. The summed E-state index contributed by atoms with van der Waals surface area (Å²) in [5.74, 6) is -1.48. The van der Waals surface area contributed by atoms with E-state index < -0.39 is 11.8 Å². The van der Waals surface area contributed by atoms with Crippen LogP contribution < -0.4 is 16.4 Å². The van der Waals surface area contributed by atoms with Crippen LogP contribution >= 0.6 is 11.6 Å². The lowest BCUT2D eigenvalue weighted by Gasteiger charge is -2.14. The van der Waals surface area contributed by atoms with E-state index in [2.05, 4.69) is 10.6 Å². The molecule has 0 saturated heterocycles. The van der Waals surface area contributed by atoms with Gasteiger partial charge in [-0.2, -0.15) is 0 Å². The fraction of sp³-hybridized carbons (Fsp3) is 0.222. The van der Waals surface area contributed by atoms with Gasteiger partial charge in [0, 0.05) is 11.4 Å². The lowest BCUT2D eigenvalue weighted by atomic mass is 10.0. The van der Waals surface area contributed by atoms with Crippen LogP contribution in [0.15, 0.2) is 36.4 Å². The minimum Gasteiger partial charge on any atom is -0.398 e. The molecule has 126 valence electrons. The van der Waals surface area contributed by atoms with Crippen LogP contribution in [0.2, 0.25) is 5.02 Å². The van der Waals surface area contributed by atoms with Crippen LogP contribution in [0.4, 0.5) is 17.1 Å². The number of nitrogens with one attached hydrogen (secondary N) is 2. The van der Waals surface area contributed by atoms with Gasteiger partial charge in [0.25, 0.3) is 0 Å². The van der Waals surface area contributed by atoms with Gasteiger partial charge in [-0.05, 0) is 42.2 Å². The quantitative estimate of drug-likeness (QED) is 0.584. The number of hydrogen-bond acceptors (Lipinski definition) is 3. The van der Waals surface area contributed by atoms with Crippen molar-refractivity contribution in [1.29, 1.82) is 0 Å². The van der Waals surface area contributed by atoms with Gasteiger partial charge >= 0.3 is 11.8 Å². The van der Waals surface area contributed by atoms with Crippen LogP contribution in [0, 0.1) is 0 Å². The Morgan fingerprint density at radius 2 is 1.58 bits per heavy atom. The number of benzene rings is 2. The average molecular weight is 346 g/mol. The van der Waals surface area contributed by atoms with Crippen LogP contribution in [-0.2, 0) is 22.4 Å². The molecule has 2 aromatic carbocycles. The predicted molar refractivity (Wildman–Crippen MR) is 98.3 cm³/mol. The van der Waals surface area contributed by atoms with Crippen molar-refractivity contribution >= 4 is 40.5 Å². The lowest BCUT2D eigenvalue weighted by Crippen LogP contribution is -2.29. The highest BCUT2D eigenvalue weighted by atomic mass is 35.5. The molecule has 0 aromatic heterocycles. The minimum absolute atomic E-state index is 0.317. The van der Waals surface area contributed by atoms with E-state index in [0.29, 0.717) is 22.1 Å². The number of halogens is 1. The fourth-order valence-corrected chi connectivity index (χ4v) is 2.55. The predicted octanol–water partition coefficient (Wildman–Crippen LogP) is 3.62. The SMILES string of the molecule is CCc1cccc(CC)c1NC(=O)C(=O)Nc1ccc(N)c(Cl)c1. The minimum atomic E-state index is -0.760. The van der Waals surface area contributed by atoms with Gasteiger partial charge in [-0.25, -0.2) is 0 Å². The maximum atomic E-state index is 12.2. The third-order valence-corrected chi connectivity index (χ3v) is 4.03. The number of aryl methyl sites for hydroxylation is 2. The van der Waals surface area contributed by atoms with Crippen LogP contribution in [0.3, 0.4) is 0 Å². The van der Waals surface area contributed by atoms with Gasteiger partial charge in [-0.1, -0.05) is 43.6 Å². The normalized spacial score (nSPS) is 10.3. The fourth-order valence-electron chi connectivity index (χ4n) is 2.37. The first kappa shape index (κ1) is 17.8. The second-order valence-electron chi connectivity index (χ2n) is 5.30. The number of hydrogen-bond donors (Lipinski definition) is 3. The molecular formula is C18H20ClN3O2.